The van der Waals surface area contributed by atoms with E-state index in [0.717, 1.165) is 4.90 Å². The van der Waals surface area contributed by atoms with Crippen LogP contribution in [0.3, 0.4) is 0 Å². The molecule has 2 amide bonds. The second-order valence-corrected chi connectivity index (χ2v) is 9.77. The number of benzene rings is 3. The molecule has 0 bridgehead atoms. The standard InChI is InChI=1S/C26H19Cl3N2O5/c1-35-23(32)21-20(14-2-6-16(27)7-3-14)26(22(30-21)15-4-8-17(28)9-5-15)24(33)31(25(34)36-26)19-12-10-18(29)11-13-19/h2-13,20-22,30H,1H3/t20-,21+,22+,26-/m0/s1. The molecular formula is C26H19Cl3N2O5. The Kier molecular flexibility index (Phi) is 6.43. The van der Waals surface area contributed by atoms with Gasteiger partial charge in [0, 0.05) is 15.1 Å². The first-order valence-corrected chi connectivity index (χ1v) is 12.1. The van der Waals surface area contributed by atoms with E-state index < -0.39 is 41.6 Å². The van der Waals surface area contributed by atoms with Gasteiger partial charge in [0.2, 0.25) is 5.60 Å². The Bertz CT molecular complexity index is 1330. The molecule has 4 atom stereocenters. The van der Waals surface area contributed by atoms with Crippen LogP contribution in [0.15, 0.2) is 72.8 Å². The highest BCUT2D eigenvalue weighted by Gasteiger charge is 2.70. The summed E-state index contributed by atoms with van der Waals surface area (Å²) in [5.74, 6) is -2.18. The minimum Gasteiger partial charge on any atom is -0.468 e. The molecule has 0 radical (unpaired) electrons. The van der Waals surface area contributed by atoms with Crippen molar-refractivity contribution in [3.63, 3.8) is 0 Å². The van der Waals surface area contributed by atoms with Gasteiger partial charge in [-0.15, -0.1) is 0 Å². The Hall–Kier alpha value is -3.10. The molecule has 2 saturated heterocycles. The molecule has 3 aromatic carbocycles. The van der Waals surface area contributed by atoms with E-state index in [1.54, 1.807) is 72.8 Å². The van der Waals surface area contributed by atoms with Crippen molar-refractivity contribution >= 4 is 58.5 Å². The van der Waals surface area contributed by atoms with Gasteiger partial charge < -0.3 is 9.47 Å². The van der Waals surface area contributed by atoms with Crippen molar-refractivity contribution < 1.29 is 23.9 Å². The van der Waals surface area contributed by atoms with Crippen LogP contribution in [-0.4, -0.2) is 36.7 Å². The molecule has 0 saturated carbocycles. The SMILES string of the molecule is COC(=O)[C@@H]1N[C@H](c2ccc(Cl)cc2)[C@@]2(OC(=O)N(c3ccc(Cl)cc3)C2=O)[C@H]1c1ccc(Cl)cc1. The lowest BCUT2D eigenvalue weighted by atomic mass is 9.75. The van der Waals surface area contributed by atoms with Crippen molar-refractivity contribution in [1.29, 1.82) is 0 Å². The van der Waals surface area contributed by atoms with E-state index in [4.69, 9.17) is 44.3 Å². The molecule has 10 heteroatoms. The Balaban J connectivity index is 1.72. The lowest BCUT2D eigenvalue weighted by Crippen LogP contribution is -2.49. The fourth-order valence-electron chi connectivity index (χ4n) is 4.95. The Labute approximate surface area is 221 Å². The molecule has 5 rings (SSSR count). The third kappa shape index (κ3) is 3.92. The molecule has 2 heterocycles. The minimum absolute atomic E-state index is 0.289. The first kappa shape index (κ1) is 24.6. The Morgan fingerprint density at radius 2 is 1.36 bits per heavy atom. The third-order valence-corrected chi connectivity index (χ3v) is 7.27. The van der Waals surface area contributed by atoms with Crippen LogP contribution in [-0.2, 0) is 19.1 Å². The van der Waals surface area contributed by atoms with E-state index in [-0.39, 0.29) is 5.69 Å². The number of nitrogens with zero attached hydrogens (tertiary/aromatic N) is 1. The minimum atomic E-state index is -1.82. The van der Waals surface area contributed by atoms with E-state index in [0.29, 0.717) is 26.2 Å². The summed E-state index contributed by atoms with van der Waals surface area (Å²) in [4.78, 5) is 41.6. The average Bonchev–Trinajstić information content (AvgIpc) is 3.34. The van der Waals surface area contributed by atoms with Gasteiger partial charge in [-0.05, 0) is 59.7 Å². The zero-order valence-corrected chi connectivity index (χ0v) is 21.1. The summed E-state index contributed by atoms with van der Waals surface area (Å²) in [5, 5.41) is 4.61. The maximum atomic E-state index is 14.3. The second kappa shape index (κ2) is 9.41. The monoisotopic (exact) mass is 544 g/mol. The number of rotatable bonds is 4. The molecule has 0 aliphatic carbocycles. The Morgan fingerprint density at radius 1 is 0.861 bits per heavy atom. The van der Waals surface area contributed by atoms with Crippen LogP contribution < -0.4 is 10.2 Å². The fraction of sp³-hybridized carbons (Fsp3) is 0.192. The zero-order chi connectivity index (χ0) is 25.6. The molecule has 2 fully saturated rings. The van der Waals surface area contributed by atoms with Crippen LogP contribution in [0.2, 0.25) is 15.1 Å². The third-order valence-electron chi connectivity index (χ3n) is 6.52. The number of methoxy groups -OCH3 is 1. The molecule has 184 valence electrons. The van der Waals surface area contributed by atoms with Crippen molar-refractivity contribution in [2.45, 2.75) is 23.6 Å². The fourth-order valence-corrected chi connectivity index (χ4v) is 5.33. The Morgan fingerprint density at radius 3 is 1.89 bits per heavy atom. The first-order chi connectivity index (χ1) is 17.3. The molecule has 36 heavy (non-hydrogen) atoms. The summed E-state index contributed by atoms with van der Waals surface area (Å²) < 4.78 is 11.1. The van der Waals surface area contributed by atoms with E-state index in [1.807, 2.05) is 0 Å². The molecule has 1 N–H and O–H groups in total. The van der Waals surface area contributed by atoms with E-state index in [1.165, 1.54) is 7.11 Å². The summed E-state index contributed by atoms with van der Waals surface area (Å²) in [7, 11) is 1.26. The lowest BCUT2D eigenvalue weighted by molar-refractivity contribution is -0.144. The number of hydrogen-bond donors (Lipinski definition) is 1. The number of amides is 2. The number of carbonyl (C=O) groups is 3. The summed E-state index contributed by atoms with van der Waals surface area (Å²) in [6, 6.07) is 17.8. The van der Waals surface area contributed by atoms with Gasteiger partial charge in [0.1, 0.15) is 6.04 Å². The van der Waals surface area contributed by atoms with E-state index >= 15 is 0 Å². The smallest absolute Gasteiger partial charge is 0.422 e. The predicted molar refractivity (Wildman–Crippen MR) is 135 cm³/mol. The van der Waals surface area contributed by atoms with Crippen LogP contribution in [0.4, 0.5) is 10.5 Å². The number of esters is 1. The van der Waals surface area contributed by atoms with Crippen LogP contribution in [0.5, 0.6) is 0 Å². The van der Waals surface area contributed by atoms with Crippen LogP contribution in [0.25, 0.3) is 0 Å². The molecule has 0 aromatic heterocycles. The summed E-state index contributed by atoms with van der Waals surface area (Å²) in [6.45, 7) is 0. The van der Waals surface area contributed by atoms with Crippen molar-refractivity contribution in [3.8, 4) is 0 Å². The number of anilines is 1. The summed E-state index contributed by atoms with van der Waals surface area (Å²) in [5.41, 5.74) is -0.365. The second-order valence-electron chi connectivity index (χ2n) is 8.46. The maximum absolute atomic E-state index is 14.3. The van der Waals surface area contributed by atoms with Gasteiger partial charge in [0.25, 0.3) is 5.91 Å². The van der Waals surface area contributed by atoms with E-state index in [2.05, 4.69) is 5.32 Å². The van der Waals surface area contributed by atoms with Crippen LogP contribution >= 0.6 is 34.8 Å². The van der Waals surface area contributed by atoms with Crippen LogP contribution in [0.1, 0.15) is 23.1 Å². The molecule has 0 unspecified atom stereocenters. The number of hydrogen-bond acceptors (Lipinski definition) is 6. The first-order valence-electron chi connectivity index (χ1n) is 10.9. The predicted octanol–water partition coefficient (Wildman–Crippen LogP) is 5.54. The molecule has 2 aliphatic heterocycles. The quantitative estimate of drug-likeness (QED) is 0.434. The van der Waals surface area contributed by atoms with Gasteiger partial charge in [0.15, 0.2) is 0 Å². The molecule has 7 nitrogen and oxygen atoms in total. The highest BCUT2D eigenvalue weighted by molar-refractivity contribution is 6.31. The van der Waals surface area contributed by atoms with Crippen LogP contribution in [0, 0.1) is 0 Å². The number of halogens is 3. The summed E-state index contributed by atoms with van der Waals surface area (Å²) >= 11 is 18.2. The number of imide groups is 1. The number of nitrogens with one attached hydrogen (secondary N) is 1. The number of ether oxygens (including phenoxy) is 2. The van der Waals surface area contributed by atoms with Gasteiger partial charge >= 0.3 is 12.1 Å². The molecule has 1 spiro atoms. The largest absolute Gasteiger partial charge is 0.468 e. The van der Waals surface area contributed by atoms with Crippen molar-refractivity contribution in [2.24, 2.45) is 0 Å². The average molecular weight is 546 g/mol. The van der Waals surface area contributed by atoms with Gasteiger partial charge in [0.05, 0.1) is 24.8 Å². The summed E-state index contributed by atoms with van der Waals surface area (Å²) in [6.07, 6.45) is -0.868. The molecular weight excluding hydrogens is 527 g/mol. The topological polar surface area (TPSA) is 84.9 Å². The zero-order valence-electron chi connectivity index (χ0n) is 18.8. The van der Waals surface area contributed by atoms with E-state index in [9.17, 15) is 14.4 Å². The van der Waals surface area contributed by atoms with Gasteiger partial charge in [-0.2, -0.15) is 0 Å². The van der Waals surface area contributed by atoms with Crippen molar-refractivity contribution in [3.05, 3.63) is 99.0 Å². The molecule has 2 aliphatic rings. The highest BCUT2D eigenvalue weighted by Crippen LogP contribution is 2.53. The molecule has 3 aromatic rings. The highest BCUT2D eigenvalue weighted by atomic mass is 35.5. The number of carbonyl (C=O) groups excluding carboxylic acids is 3. The normalized spacial score (nSPS) is 25.3. The maximum Gasteiger partial charge on any atom is 0.422 e. The van der Waals surface area contributed by atoms with Gasteiger partial charge in [-0.25, -0.2) is 9.69 Å². The van der Waals surface area contributed by atoms with Gasteiger partial charge in [-0.3, -0.25) is 14.9 Å². The van der Waals surface area contributed by atoms with Gasteiger partial charge in [-0.1, -0.05) is 59.1 Å². The van der Waals surface area contributed by atoms with Crippen molar-refractivity contribution in [2.75, 3.05) is 12.0 Å². The lowest BCUT2D eigenvalue weighted by Gasteiger charge is -2.32. The van der Waals surface area contributed by atoms with Crippen molar-refractivity contribution in [1.82, 2.24) is 5.32 Å².